The van der Waals surface area contributed by atoms with E-state index in [1.807, 2.05) is 32.9 Å². The lowest BCUT2D eigenvalue weighted by atomic mass is 10.1. The van der Waals surface area contributed by atoms with E-state index >= 15 is 0 Å². The summed E-state index contributed by atoms with van der Waals surface area (Å²) in [4.78, 5) is 17.1. The molecule has 0 spiro atoms. The molecule has 1 aromatic rings. The maximum atomic E-state index is 12.6. The molecule has 0 aromatic heterocycles. The molecule has 7 heteroatoms. The zero-order valence-electron chi connectivity index (χ0n) is 16.1. The van der Waals surface area contributed by atoms with E-state index in [1.165, 1.54) is 0 Å². The second-order valence-electron chi connectivity index (χ2n) is 7.71. The molecule has 1 heterocycles. The highest BCUT2D eigenvalue weighted by Crippen LogP contribution is 2.27. The minimum Gasteiger partial charge on any atom is -0.456 e. The summed E-state index contributed by atoms with van der Waals surface area (Å²) >= 11 is 5.68. The molecule has 2 N–H and O–H groups in total. The van der Waals surface area contributed by atoms with Crippen LogP contribution in [-0.4, -0.2) is 73.3 Å². The van der Waals surface area contributed by atoms with Gasteiger partial charge in [0.1, 0.15) is 5.60 Å². The van der Waals surface area contributed by atoms with Crippen molar-refractivity contribution in [2.75, 3.05) is 55.9 Å². The number of carbonyl (C=O) groups is 1. The van der Waals surface area contributed by atoms with Crippen molar-refractivity contribution in [1.29, 1.82) is 0 Å². The number of hydrogen-bond donors (Lipinski definition) is 2. The number of nitrogens with one attached hydrogen (secondary N) is 1. The topological polar surface area (TPSA) is 65.0 Å². The van der Waals surface area contributed by atoms with Crippen molar-refractivity contribution in [3.8, 4) is 0 Å². The van der Waals surface area contributed by atoms with Gasteiger partial charge in [-0.05, 0) is 46.0 Å². The lowest BCUT2D eigenvalue weighted by Gasteiger charge is -2.34. The standard InChI is InChI=1S/C19H30ClN3O3/c1-19(2,3)26-18(25)16-6-5-14(23-9-7-22(4)8-10-23)11-17(16)21-13-15(24)12-20/h5-6,11,15,21,24H,7-10,12-13H2,1-4H3. The molecule has 0 bridgehead atoms. The zero-order chi connectivity index (χ0) is 19.3. The van der Waals surface area contributed by atoms with Crippen LogP contribution in [0.5, 0.6) is 0 Å². The minimum atomic E-state index is -0.685. The lowest BCUT2D eigenvalue weighted by Crippen LogP contribution is -2.44. The van der Waals surface area contributed by atoms with Crippen molar-refractivity contribution >= 4 is 28.9 Å². The number of likely N-dealkylation sites (N-methyl/N-ethyl adjacent to an activating group) is 1. The SMILES string of the molecule is CN1CCN(c2ccc(C(=O)OC(C)(C)C)c(NCC(O)CCl)c2)CC1. The third-order valence-electron chi connectivity index (χ3n) is 4.20. The van der Waals surface area contributed by atoms with Crippen LogP contribution < -0.4 is 10.2 Å². The van der Waals surface area contributed by atoms with Crippen LogP contribution in [0, 0.1) is 0 Å². The highest BCUT2D eigenvalue weighted by atomic mass is 35.5. The van der Waals surface area contributed by atoms with Gasteiger partial charge < -0.3 is 25.0 Å². The number of carbonyl (C=O) groups excluding carboxylic acids is 1. The first-order valence-electron chi connectivity index (χ1n) is 8.98. The monoisotopic (exact) mass is 383 g/mol. The maximum absolute atomic E-state index is 12.6. The predicted octanol–water partition coefficient (Wildman–Crippen LogP) is 2.41. The van der Waals surface area contributed by atoms with Crippen LogP contribution in [0.2, 0.25) is 0 Å². The molecule has 1 atom stereocenters. The molecule has 0 aliphatic carbocycles. The Morgan fingerprint density at radius 3 is 2.54 bits per heavy atom. The summed E-state index contributed by atoms with van der Waals surface area (Å²) in [7, 11) is 2.11. The Bertz CT molecular complexity index is 611. The summed E-state index contributed by atoms with van der Waals surface area (Å²) in [6.45, 7) is 9.67. The number of alkyl halides is 1. The Morgan fingerprint density at radius 1 is 1.31 bits per heavy atom. The average Bonchev–Trinajstić information content (AvgIpc) is 2.58. The van der Waals surface area contributed by atoms with E-state index in [2.05, 4.69) is 22.2 Å². The molecular formula is C19H30ClN3O3. The van der Waals surface area contributed by atoms with Gasteiger partial charge in [0.2, 0.25) is 0 Å². The largest absolute Gasteiger partial charge is 0.456 e. The van der Waals surface area contributed by atoms with Crippen LogP contribution in [0.3, 0.4) is 0 Å². The molecule has 1 unspecified atom stereocenters. The molecule has 6 nitrogen and oxygen atoms in total. The smallest absolute Gasteiger partial charge is 0.340 e. The van der Waals surface area contributed by atoms with E-state index in [9.17, 15) is 9.90 Å². The maximum Gasteiger partial charge on any atom is 0.340 e. The zero-order valence-corrected chi connectivity index (χ0v) is 16.8. The van der Waals surface area contributed by atoms with E-state index in [4.69, 9.17) is 16.3 Å². The van der Waals surface area contributed by atoms with Gasteiger partial charge in [0, 0.05) is 38.4 Å². The van der Waals surface area contributed by atoms with E-state index in [0.717, 1.165) is 31.9 Å². The van der Waals surface area contributed by atoms with Crippen LogP contribution in [0.1, 0.15) is 31.1 Å². The van der Waals surface area contributed by atoms with Crippen molar-refractivity contribution in [2.24, 2.45) is 0 Å². The number of halogens is 1. The summed E-state index contributed by atoms with van der Waals surface area (Å²) in [5.74, 6) is -0.252. The summed E-state index contributed by atoms with van der Waals surface area (Å²) in [5.41, 5.74) is 1.59. The number of ether oxygens (including phenoxy) is 1. The Morgan fingerprint density at radius 2 is 1.96 bits per heavy atom. The molecule has 0 saturated carbocycles. The van der Waals surface area contributed by atoms with Crippen molar-refractivity contribution in [3.05, 3.63) is 23.8 Å². The second kappa shape index (κ2) is 8.93. The van der Waals surface area contributed by atoms with E-state index in [0.29, 0.717) is 11.3 Å². The van der Waals surface area contributed by atoms with Gasteiger partial charge in [0.05, 0.1) is 23.2 Å². The van der Waals surface area contributed by atoms with Gasteiger partial charge in [0.15, 0.2) is 0 Å². The van der Waals surface area contributed by atoms with Gasteiger partial charge >= 0.3 is 5.97 Å². The number of nitrogens with zero attached hydrogens (tertiary/aromatic N) is 2. The van der Waals surface area contributed by atoms with Gasteiger partial charge in [-0.25, -0.2) is 4.79 Å². The summed E-state index contributed by atoms with van der Waals surface area (Å²) in [5, 5.41) is 12.9. The first-order chi connectivity index (χ1) is 12.2. The highest BCUT2D eigenvalue weighted by molar-refractivity contribution is 6.18. The van der Waals surface area contributed by atoms with Gasteiger partial charge in [-0.1, -0.05) is 0 Å². The first kappa shape index (κ1) is 20.8. The number of piperazine rings is 1. The molecule has 1 aliphatic heterocycles. The molecule has 2 rings (SSSR count). The average molecular weight is 384 g/mol. The minimum absolute atomic E-state index is 0.132. The summed E-state index contributed by atoms with van der Waals surface area (Å²) < 4.78 is 5.51. The fourth-order valence-electron chi connectivity index (χ4n) is 2.73. The van der Waals surface area contributed by atoms with Crippen molar-refractivity contribution in [2.45, 2.75) is 32.5 Å². The first-order valence-corrected chi connectivity index (χ1v) is 9.52. The van der Waals surface area contributed by atoms with Crippen LogP contribution >= 0.6 is 11.6 Å². The van der Waals surface area contributed by atoms with Crippen LogP contribution in [-0.2, 0) is 4.74 Å². The number of benzene rings is 1. The molecule has 146 valence electrons. The van der Waals surface area contributed by atoms with E-state index < -0.39 is 11.7 Å². The molecule has 0 amide bonds. The quantitative estimate of drug-likeness (QED) is 0.581. The molecular weight excluding hydrogens is 354 g/mol. The lowest BCUT2D eigenvalue weighted by molar-refractivity contribution is 0.00705. The molecule has 26 heavy (non-hydrogen) atoms. The normalized spacial score (nSPS) is 17.1. The van der Waals surface area contributed by atoms with E-state index in [-0.39, 0.29) is 18.4 Å². The summed E-state index contributed by atoms with van der Waals surface area (Å²) in [6, 6.07) is 5.69. The fourth-order valence-corrected chi connectivity index (χ4v) is 2.84. The van der Waals surface area contributed by atoms with Crippen LogP contribution in [0.4, 0.5) is 11.4 Å². The van der Waals surface area contributed by atoms with Crippen molar-refractivity contribution in [3.63, 3.8) is 0 Å². The Kier molecular flexibility index (Phi) is 7.15. The van der Waals surface area contributed by atoms with Crippen LogP contribution in [0.25, 0.3) is 0 Å². The van der Waals surface area contributed by atoms with Gasteiger partial charge in [-0.2, -0.15) is 0 Å². The predicted molar refractivity (Wildman–Crippen MR) is 107 cm³/mol. The van der Waals surface area contributed by atoms with Crippen molar-refractivity contribution < 1.29 is 14.6 Å². The Balaban J connectivity index is 2.24. The van der Waals surface area contributed by atoms with Gasteiger partial charge in [-0.15, -0.1) is 11.6 Å². The number of aliphatic hydroxyl groups excluding tert-OH is 1. The van der Waals surface area contributed by atoms with Crippen LogP contribution in [0.15, 0.2) is 18.2 Å². The second-order valence-corrected chi connectivity index (χ2v) is 8.02. The number of esters is 1. The molecule has 1 saturated heterocycles. The third kappa shape index (κ3) is 6.04. The number of hydrogen-bond acceptors (Lipinski definition) is 6. The van der Waals surface area contributed by atoms with E-state index in [1.54, 1.807) is 6.07 Å². The fraction of sp³-hybridized carbons (Fsp3) is 0.632. The number of rotatable bonds is 6. The number of aliphatic hydroxyl groups is 1. The Hall–Kier alpha value is -1.50. The molecule has 1 fully saturated rings. The molecule has 1 aromatic carbocycles. The summed E-state index contributed by atoms with van der Waals surface area (Å²) in [6.07, 6.45) is -0.685. The van der Waals surface area contributed by atoms with Gasteiger partial charge in [0.25, 0.3) is 0 Å². The molecule has 1 aliphatic rings. The molecule has 0 radical (unpaired) electrons. The number of anilines is 2. The van der Waals surface area contributed by atoms with Gasteiger partial charge in [-0.3, -0.25) is 0 Å². The Labute approximate surface area is 161 Å². The van der Waals surface area contributed by atoms with Crippen molar-refractivity contribution in [1.82, 2.24) is 4.90 Å². The highest BCUT2D eigenvalue weighted by Gasteiger charge is 2.22. The third-order valence-corrected chi connectivity index (χ3v) is 4.55.